The predicted octanol–water partition coefficient (Wildman–Crippen LogP) is 2.97. The Morgan fingerprint density at radius 3 is 2.73 bits per heavy atom. The average molecular weight is 497 g/mol. The summed E-state index contributed by atoms with van der Waals surface area (Å²) in [6.07, 6.45) is 7.16. The summed E-state index contributed by atoms with van der Waals surface area (Å²) in [7, 11) is 1.85. The molecular weight excluding hydrogens is 475 g/mol. The second kappa shape index (κ2) is 7.83. The van der Waals surface area contributed by atoms with Crippen LogP contribution >= 0.6 is 0 Å². The van der Waals surface area contributed by atoms with Crippen LogP contribution in [-0.2, 0) is 19.0 Å². The number of halogens is 1. The Bertz CT molecular complexity index is 1700. The zero-order valence-electron chi connectivity index (χ0n) is 19.6. The number of nitrogens with zero attached hydrogens (tertiary/aromatic N) is 6. The van der Waals surface area contributed by atoms with E-state index in [2.05, 4.69) is 46.6 Å². The standard InChI is InChI=1S/C25H21FN10O/c1-36-12-13(9-30-36)25(23-34-35-24(27)37-23)21-16(15-4-2-3-5-17(15)31-21)8-19(33-25)22-29-11-20(32-22)18-7-6-14(26)10-28-18/h2-7,9-12,19,31,33H,8H2,1H3,(H2,27,35)(H,29,32)/t19-,25?/m1/s1. The highest BCUT2D eigenvalue weighted by molar-refractivity contribution is 5.86. The lowest BCUT2D eigenvalue weighted by Crippen LogP contribution is -2.51. The lowest BCUT2D eigenvalue weighted by molar-refractivity contribution is 0.293. The van der Waals surface area contributed by atoms with Crippen molar-refractivity contribution >= 4 is 16.9 Å². The maximum Gasteiger partial charge on any atom is 0.312 e. The minimum Gasteiger partial charge on any atom is -0.405 e. The molecule has 0 radical (unpaired) electrons. The first-order valence-electron chi connectivity index (χ1n) is 11.6. The number of anilines is 1. The summed E-state index contributed by atoms with van der Waals surface area (Å²) in [6.45, 7) is 0. The van der Waals surface area contributed by atoms with Gasteiger partial charge < -0.3 is 20.1 Å². The lowest BCUT2D eigenvalue weighted by atomic mass is 9.79. The van der Waals surface area contributed by atoms with Gasteiger partial charge in [0.1, 0.15) is 11.6 Å². The molecule has 12 heteroatoms. The molecule has 2 atom stereocenters. The first-order valence-corrected chi connectivity index (χ1v) is 11.6. The van der Waals surface area contributed by atoms with Crippen LogP contribution in [0.3, 0.4) is 0 Å². The van der Waals surface area contributed by atoms with Crippen molar-refractivity contribution in [2.75, 3.05) is 5.73 Å². The lowest BCUT2D eigenvalue weighted by Gasteiger charge is -2.38. The topological polar surface area (TPSA) is 152 Å². The zero-order chi connectivity index (χ0) is 25.1. The van der Waals surface area contributed by atoms with Crippen molar-refractivity contribution in [1.29, 1.82) is 0 Å². The Labute approximate surface area is 209 Å². The Hall–Kier alpha value is -4.84. The molecule has 5 N–H and O–H groups in total. The number of para-hydroxylation sites is 1. The molecule has 0 saturated heterocycles. The van der Waals surface area contributed by atoms with Gasteiger partial charge in [-0.05, 0) is 30.2 Å². The van der Waals surface area contributed by atoms with Gasteiger partial charge in [-0.15, -0.1) is 5.10 Å². The minimum absolute atomic E-state index is 0.0393. The molecular formula is C25H21FN10O. The first kappa shape index (κ1) is 21.4. The molecule has 0 fully saturated rings. The van der Waals surface area contributed by atoms with Gasteiger partial charge in [-0.25, -0.2) is 9.37 Å². The van der Waals surface area contributed by atoms with Crippen LogP contribution in [0.2, 0.25) is 0 Å². The molecule has 0 bridgehead atoms. The largest absolute Gasteiger partial charge is 0.405 e. The summed E-state index contributed by atoms with van der Waals surface area (Å²) in [5.74, 6) is 0.560. The molecule has 0 amide bonds. The van der Waals surface area contributed by atoms with Crippen LogP contribution < -0.4 is 11.1 Å². The van der Waals surface area contributed by atoms with E-state index in [1.54, 1.807) is 23.1 Å². The normalized spacial score (nSPS) is 19.4. The van der Waals surface area contributed by atoms with E-state index in [1.807, 2.05) is 31.4 Å². The number of nitrogen functional groups attached to an aromatic ring is 1. The molecule has 1 aromatic carbocycles. The van der Waals surface area contributed by atoms with E-state index in [0.29, 0.717) is 23.6 Å². The van der Waals surface area contributed by atoms with Crippen molar-refractivity contribution in [1.82, 2.24) is 45.2 Å². The van der Waals surface area contributed by atoms with Gasteiger partial charge in [0.05, 0.1) is 41.7 Å². The van der Waals surface area contributed by atoms with Gasteiger partial charge in [-0.1, -0.05) is 23.3 Å². The molecule has 5 aromatic heterocycles. The van der Waals surface area contributed by atoms with Crippen LogP contribution in [-0.4, -0.2) is 39.9 Å². The fraction of sp³-hybridized carbons (Fsp3) is 0.160. The Kier molecular flexibility index (Phi) is 4.54. The quantitative estimate of drug-likeness (QED) is 0.291. The molecule has 184 valence electrons. The summed E-state index contributed by atoms with van der Waals surface area (Å²) < 4.78 is 21.0. The van der Waals surface area contributed by atoms with Crippen LogP contribution in [0.1, 0.15) is 34.6 Å². The van der Waals surface area contributed by atoms with Crippen molar-refractivity contribution < 1.29 is 8.81 Å². The highest BCUT2D eigenvalue weighted by atomic mass is 19.1. The van der Waals surface area contributed by atoms with Gasteiger partial charge in [-0.3, -0.25) is 15.0 Å². The molecule has 6 aromatic rings. The number of rotatable bonds is 4. The Morgan fingerprint density at radius 1 is 1.08 bits per heavy atom. The molecule has 11 nitrogen and oxygen atoms in total. The number of aryl methyl sites for hydroxylation is 1. The smallest absolute Gasteiger partial charge is 0.312 e. The van der Waals surface area contributed by atoms with Gasteiger partial charge in [0.2, 0.25) is 5.89 Å². The second-order valence-electron chi connectivity index (χ2n) is 9.07. The SMILES string of the molecule is Cn1cc(C2(c3nnc(N)o3)N[C@@H](c3ncc(-c4ccc(F)cn4)[nH]3)Cc3c2[nH]c2ccccc32)cn1. The number of aromatic amines is 2. The van der Waals surface area contributed by atoms with Crippen LogP contribution in [0.25, 0.3) is 22.3 Å². The second-order valence-corrected chi connectivity index (χ2v) is 9.07. The van der Waals surface area contributed by atoms with Crippen molar-refractivity contribution in [3.8, 4) is 11.4 Å². The number of imidazole rings is 1. The molecule has 1 unspecified atom stereocenters. The zero-order valence-corrected chi connectivity index (χ0v) is 19.6. The number of aromatic nitrogens is 8. The number of nitrogens with one attached hydrogen (secondary N) is 3. The van der Waals surface area contributed by atoms with Crippen LogP contribution in [0.15, 0.2) is 65.6 Å². The molecule has 6 heterocycles. The van der Waals surface area contributed by atoms with Gasteiger partial charge in [0.25, 0.3) is 0 Å². The van der Waals surface area contributed by atoms with Crippen molar-refractivity contribution in [3.63, 3.8) is 0 Å². The molecule has 0 saturated carbocycles. The summed E-state index contributed by atoms with van der Waals surface area (Å²) in [5.41, 5.74) is 9.80. The fourth-order valence-corrected chi connectivity index (χ4v) is 5.19. The molecule has 1 aliphatic rings. The highest BCUT2D eigenvalue weighted by Crippen LogP contribution is 2.46. The third-order valence-corrected chi connectivity index (χ3v) is 6.82. The summed E-state index contributed by atoms with van der Waals surface area (Å²) in [6, 6.07) is 10.8. The number of H-pyrrole nitrogens is 2. The van der Waals surface area contributed by atoms with E-state index in [-0.39, 0.29) is 17.9 Å². The number of nitrogens with two attached hydrogens (primary N) is 1. The van der Waals surface area contributed by atoms with Gasteiger partial charge >= 0.3 is 6.01 Å². The molecule has 7 rings (SSSR count). The monoisotopic (exact) mass is 496 g/mol. The number of hydrogen-bond donors (Lipinski definition) is 4. The van der Waals surface area contributed by atoms with Crippen molar-refractivity contribution in [3.05, 3.63) is 95.5 Å². The number of pyridine rings is 1. The molecule has 37 heavy (non-hydrogen) atoms. The maximum atomic E-state index is 13.4. The highest BCUT2D eigenvalue weighted by Gasteiger charge is 2.50. The van der Waals surface area contributed by atoms with E-state index in [0.717, 1.165) is 27.7 Å². The third kappa shape index (κ3) is 3.26. The van der Waals surface area contributed by atoms with Crippen molar-refractivity contribution in [2.24, 2.45) is 7.05 Å². The number of benzene rings is 1. The summed E-state index contributed by atoms with van der Waals surface area (Å²) in [5, 5.41) is 17.5. The van der Waals surface area contributed by atoms with Crippen molar-refractivity contribution in [2.45, 2.75) is 18.0 Å². The van der Waals surface area contributed by atoms with E-state index in [1.165, 1.54) is 12.3 Å². The molecule has 1 aliphatic heterocycles. The Morgan fingerprint density at radius 2 is 1.97 bits per heavy atom. The van der Waals surface area contributed by atoms with Crippen LogP contribution in [0.4, 0.5) is 10.4 Å². The number of fused-ring (bicyclic) bond motifs is 3. The van der Waals surface area contributed by atoms with E-state index >= 15 is 0 Å². The first-order chi connectivity index (χ1) is 18.0. The fourth-order valence-electron chi connectivity index (χ4n) is 5.19. The molecule has 0 spiro atoms. The average Bonchev–Trinajstić information content (AvgIpc) is 3.70. The van der Waals surface area contributed by atoms with Gasteiger partial charge in [-0.2, -0.15) is 5.10 Å². The third-order valence-electron chi connectivity index (χ3n) is 6.82. The predicted molar refractivity (Wildman–Crippen MR) is 131 cm³/mol. The van der Waals surface area contributed by atoms with E-state index < -0.39 is 11.4 Å². The summed E-state index contributed by atoms with van der Waals surface area (Å²) >= 11 is 0. The minimum atomic E-state index is -1.09. The van der Waals surface area contributed by atoms with Crippen LogP contribution in [0, 0.1) is 5.82 Å². The van der Waals surface area contributed by atoms with E-state index in [9.17, 15) is 4.39 Å². The number of hydrogen-bond acceptors (Lipinski definition) is 8. The van der Waals surface area contributed by atoms with Gasteiger partial charge in [0, 0.05) is 29.7 Å². The maximum absolute atomic E-state index is 13.4. The Balaban J connectivity index is 1.44. The van der Waals surface area contributed by atoms with Gasteiger partial charge in [0.15, 0.2) is 5.54 Å². The summed E-state index contributed by atoms with van der Waals surface area (Å²) in [4.78, 5) is 15.8. The van der Waals surface area contributed by atoms with Crippen LogP contribution in [0.5, 0.6) is 0 Å². The van der Waals surface area contributed by atoms with E-state index in [4.69, 9.17) is 10.2 Å². The molecule has 0 aliphatic carbocycles.